The van der Waals surface area contributed by atoms with E-state index in [9.17, 15) is 23.9 Å². The number of carbonyl (C=O) groups is 2. The lowest BCUT2D eigenvalue weighted by atomic mass is 10.1. The molecule has 0 saturated heterocycles. The molecule has 3 heterocycles. The van der Waals surface area contributed by atoms with E-state index < -0.39 is 23.7 Å². The number of aryl methyl sites for hydroxylation is 2. The van der Waals surface area contributed by atoms with Gasteiger partial charge in [-0.05, 0) is 74.4 Å². The Morgan fingerprint density at radius 1 is 1.07 bits per heavy atom. The molecule has 3 N–H and O–H groups in total. The second kappa shape index (κ2) is 15.1. The second-order valence-corrected chi connectivity index (χ2v) is 10.4. The van der Waals surface area contributed by atoms with E-state index in [1.807, 2.05) is 0 Å². The monoisotopic (exact) mass is 563 g/mol. The molecular formula is C31H38FN5O4. The molecule has 0 bridgehead atoms. The Morgan fingerprint density at radius 3 is 2.71 bits per heavy atom. The lowest BCUT2D eigenvalue weighted by Crippen LogP contribution is -2.44. The van der Waals surface area contributed by atoms with Crippen LogP contribution in [0.5, 0.6) is 0 Å². The molecule has 0 fully saturated rings. The average Bonchev–Trinajstić information content (AvgIpc) is 2.97. The number of anilines is 1. The van der Waals surface area contributed by atoms with Crippen LogP contribution in [0.2, 0.25) is 0 Å². The number of nitrogens with zero attached hydrogens (tertiary/aromatic N) is 3. The highest BCUT2D eigenvalue weighted by Crippen LogP contribution is 2.20. The molecule has 41 heavy (non-hydrogen) atoms. The smallest absolute Gasteiger partial charge is 0.326 e. The van der Waals surface area contributed by atoms with Gasteiger partial charge in [0.05, 0.1) is 6.42 Å². The molecule has 0 spiro atoms. The molecular weight excluding hydrogens is 525 g/mol. The molecule has 10 heteroatoms. The molecule has 1 amide bonds. The highest BCUT2D eigenvalue weighted by molar-refractivity contribution is 5.84. The zero-order valence-corrected chi connectivity index (χ0v) is 23.2. The number of fused-ring (bicyclic) bond motifs is 1. The number of rotatable bonds is 15. The van der Waals surface area contributed by atoms with Crippen molar-refractivity contribution in [3.8, 4) is 0 Å². The van der Waals surface area contributed by atoms with Crippen molar-refractivity contribution in [2.24, 2.45) is 0 Å². The molecule has 2 aromatic heterocycles. The van der Waals surface area contributed by atoms with E-state index in [2.05, 4.69) is 27.7 Å². The summed E-state index contributed by atoms with van der Waals surface area (Å²) in [5.41, 5.74) is 2.43. The van der Waals surface area contributed by atoms with Crippen LogP contribution in [-0.4, -0.2) is 63.7 Å². The normalized spacial score (nSPS) is 13.3. The fourth-order valence-corrected chi connectivity index (χ4v) is 5.01. The standard InChI is InChI=1S/C31H38FN5O4/c32-26-11-2-1-8-24(26)22-28(38)35-27(31(40)41)15-19-36(20-21-37-18-6-4-12-29(37)39)17-5-3-10-25-14-13-23-9-7-16-33-30(23)34-25/h1-2,4,6,8,11-14,18,27H,3,5,7,9-10,15-17,19-22H2,(H,33,34)(H,35,38)(H,40,41). The Hall–Kier alpha value is -4.05. The fourth-order valence-electron chi connectivity index (χ4n) is 5.01. The van der Waals surface area contributed by atoms with Gasteiger partial charge in [0.15, 0.2) is 0 Å². The lowest BCUT2D eigenvalue weighted by molar-refractivity contribution is -0.142. The number of hydrogen-bond acceptors (Lipinski definition) is 6. The van der Waals surface area contributed by atoms with E-state index in [1.54, 1.807) is 29.0 Å². The summed E-state index contributed by atoms with van der Waals surface area (Å²) in [5.74, 6) is -1.20. The maximum atomic E-state index is 13.9. The molecule has 1 aromatic carbocycles. The molecule has 4 rings (SSSR count). The molecule has 3 aromatic rings. The molecule has 1 aliphatic rings. The Balaban J connectivity index is 1.32. The van der Waals surface area contributed by atoms with Gasteiger partial charge < -0.3 is 25.2 Å². The Bertz CT molecular complexity index is 1380. The van der Waals surface area contributed by atoms with Gasteiger partial charge in [-0.2, -0.15) is 0 Å². The molecule has 0 saturated carbocycles. The summed E-state index contributed by atoms with van der Waals surface area (Å²) < 4.78 is 15.6. The summed E-state index contributed by atoms with van der Waals surface area (Å²) in [4.78, 5) is 43.5. The van der Waals surface area contributed by atoms with Crippen molar-refractivity contribution in [1.29, 1.82) is 0 Å². The highest BCUT2D eigenvalue weighted by Gasteiger charge is 2.22. The molecule has 1 unspecified atom stereocenters. The first-order valence-corrected chi connectivity index (χ1v) is 14.2. The minimum absolute atomic E-state index is 0.0941. The number of aromatic nitrogens is 2. The number of aliphatic carboxylic acids is 1. The number of carboxylic acids is 1. The van der Waals surface area contributed by atoms with Crippen molar-refractivity contribution in [2.45, 2.75) is 57.5 Å². The first kappa shape index (κ1) is 29.9. The number of benzene rings is 1. The summed E-state index contributed by atoms with van der Waals surface area (Å²) in [7, 11) is 0. The minimum Gasteiger partial charge on any atom is -0.480 e. The number of hydrogen-bond donors (Lipinski definition) is 3. The zero-order chi connectivity index (χ0) is 29.0. The predicted molar refractivity (Wildman–Crippen MR) is 155 cm³/mol. The minimum atomic E-state index is -1.14. The van der Waals surface area contributed by atoms with Crippen LogP contribution in [0.25, 0.3) is 0 Å². The van der Waals surface area contributed by atoms with Crippen LogP contribution in [-0.2, 0) is 35.4 Å². The third-order valence-corrected chi connectivity index (χ3v) is 7.34. The molecule has 218 valence electrons. The molecule has 1 aliphatic heterocycles. The van der Waals surface area contributed by atoms with Crippen molar-refractivity contribution in [3.05, 3.63) is 93.8 Å². The van der Waals surface area contributed by atoms with Gasteiger partial charge in [0, 0.05) is 44.1 Å². The van der Waals surface area contributed by atoms with E-state index in [0.29, 0.717) is 26.2 Å². The van der Waals surface area contributed by atoms with Gasteiger partial charge >= 0.3 is 5.97 Å². The van der Waals surface area contributed by atoms with E-state index in [1.165, 1.54) is 29.8 Å². The van der Waals surface area contributed by atoms with Gasteiger partial charge in [0.2, 0.25) is 5.91 Å². The van der Waals surface area contributed by atoms with Crippen molar-refractivity contribution >= 4 is 17.7 Å². The van der Waals surface area contributed by atoms with Gasteiger partial charge in [-0.15, -0.1) is 0 Å². The Morgan fingerprint density at radius 2 is 1.90 bits per heavy atom. The molecule has 0 radical (unpaired) electrons. The number of amides is 1. The van der Waals surface area contributed by atoms with Crippen molar-refractivity contribution < 1.29 is 19.1 Å². The van der Waals surface area contributed by atoms with Crippen molar-refractivity contribution in [1.82, 2.24) is 19.8 Å². The summed E-state index contributed by atoms with van der Waals surface area (Å²) in [6.45, 7) is 3.10. The van der Waals surface area contributed by atoms with E-state index in [0.717, 1.165) is 50.2 Å². The van der Waals surface area contributed by atoms with Crippen LogP contribution in [0.1, 0.15) is 42.5 Å². The van der Waals surface area contributed by atoms with Crippen LogP contribution in [0.3, 0.4) is 0 Å². The van der Waals surface area contributed by atoms with Crippen LogP contribution >= 0.6 is 0 Å². The quantitative estimate of drug-likeness (QED) is 0.243. The van der Waals surface area contributed by atoms with Gasteiger partial charge in [-0.1, -0.05) is 30.3 Å². The van der Waals surface area contributed by atoms with Crippen LogP contribution in [0.15, 0.2) is 65.6 Å². The van der Waals surface area contributed by atoms with Crippen molar-refractivity contribution in [2.75, 3.05) is 31.5 Å². The summed E-state index contributed by atoms with van der Waals surface area (Å²) in [6.07, 6.45) is 6.48. The Kier molecular flexibility index (Phi) is 11.0. The summed E-state index contributed by atoms with van der Waals surface area (Å²) >= 11 is 0. The third kappa shape index (κ3) is 9.24. The predicted octanol–water partition coefficient (Wildman–Crippen LogP) is 3.27. The number of pyridine rings is 2. The van der Waals surface area contributed by atoms with Gasteiger partial charge in [-0.25, -0.2) is 14.2 Å². The largest absolute Gasteiger partial charge is 0.480 e. The summed E-state index contributed by atoms with van der Waals surface area (Å²) in [6, 6.07) is 14.1. The van der Waals surface area contributed by atoms with Crippen molar-refractivity contribution in [3.63, 3.8) is 0 Å². The highest BCUT2D eigenvalue weighted by atomic mass is 19.1. The number of carbonyl (C=O) groups excluding carboxylic acids is 1. The molecule has 9 nitrogen and oxygen atoms in total. The number of carboxylic acid groups (broad SMARTS) is 1. The van der Waals surface area contributed by atoms with Crippen LogP contribution < -0.4 is 16.2 Å². The summed E-state index contributed by atoms with van der Waals surface area (Å²) in [5, 5.41) is 15.7. The number of unbranched alkanes of at least 4 members (excludes halogenated alkanes) is 1. The molecule has 1 atom stereocenters. The average molecular weight is 564 g/mol. The lowest BCUT2D eigenvalue weighted by Gasteiger charge is -2.25. The first-order chi connectivity index (χ1) is 19.9. The van der Waals surface area contributed by atoms with Gasteiger partial charge in [0.25, 0.3) is 5.56 Å². The third-order valence-electron chi connectivity index (χ3n) is 7.34. The van der Waals surface area contributed by atoms with Crippen LogP contribution in [0, 0.1) is 5.82 Å². The van der Waals surface area contributed by atoms with E-state index in [-0.39, 0.29) is 24.0 Å². The van der Waals surface area contributed by atoms with E-state index >= 15 is 0 Å². The first-order valence-electron chi connectivity index (χ1n) is 14.2. The number of nitrogens with one attached hydrogen (secondary N) is 2. The fraction of sp³-hybridized carbons (Fsp3) is 0.419. The number of halogens is 1. The second-order valence-electron chi connectivity index (χ2n) is 10.4. The Labute approximate surface area is 239 Å². The molecule has 0 aliphatic carbocycles. The topological polar surface area (TPSA) is 117 Å². The maximum Gasteiger partial charge on any atom is 0.326 e. The zero-order valence-electron chi connectivity index (χ0n) is 23.2. The van der Waals surface area contributed by atoms with Gasteiger partial charge in [-0.3, -0.25) is 9.59 Å². The SMILES string of the molecule is O=C(Cc1ccccc1F)NC(CCN(CCCCc1ccc2c(n1)NCCC2)CCn1ccccc1=O)C(=O)O. The van der Waals surface area contributed by atoms with Crippen LogP contribution in [0.4, 0.5) is 10.2 Å². The van der Waals surface area contributed by atoms with Gasteiger partial charge in [0.1, 0.15) is 17.7 Å². The van der Waals surface area contributed by atoms with E-state index in [4.69, 9.17) is 4.98 Å². The maximum absolute atomic E-state index is 13.9.